The maximum absolute atomic E-state index is 13.2. The lowest BCUT2D eigenvalue weighted by molar-refractivity contribution is -0.142. The van der Waals surface area contributed by atoms with Crippen LogP contribution in [0.5, 0.6) is 0 Å². The van der Waals surface area contributed by atoms with Crippen LogP contribution >= 0.6 is 11.8 Å². The molecule has 1 aromatic rings. The summed E-state index contributed by atoms with van der Waals surface area (Å²) in [5.74, 6) is 1.36. The second kappa shape index (κ2) is 5.52. The number of aromatic nitrogens is 2. The van der Waals surface area contributed by atoms with Crippen LogP contribution in [-0.4, -0.2) is 22.3 Å². The van der Waals surface area contributed by atoms with E-state index in [1.54, 1.807) is 11.8 Å². The van der Waals surface area contributed by atoms with Crippen LogP contribution in [0.3, 0.4) is 0 Å². The highest BCUT2D eigenvalue weighted by atomic mass is 32.2. The lowest BCUT2D eigenvalue weighted by atomic mass is 10.0. The van der Waals surface area contributed by atoms with Crippen LogP contribution in [-0.2, 0) is 19.1 Å². The third-order valence-corrected chi connectivity index (χ3v) is 5.06. The average Bonchev–Trinajstić information content (AvgIpc) is 2.46. The Balaban J connectivity index is 2.03. The Morgan fingerprint density at radius 2 is 2.05 bits per heavy atom. The van der Waals surface area contributed by atoms with Crippen LogP contribution in [0.2, 0.25) is 0 Å². The smallest absolute Gasteiger partial charge is 0.312 e. The van der Waals surface area contributed by atoms with E-state index in [0.29, 0.717) is 24.5 Å². The van der Waals surface area contributed by atoms with Crippen molar-refractivity contribution < 1.29 is 13.2 Å². The molecule has 0 radical (unpaired) electrons. The second-order valence-corrected chi connectivity index (χ2v) is 6.45. The Morgan fingerprint density at radius 1 is 1.20 bits per heavy atom. The van der Waals surface area contributed by atoms with Crippen molar-refractivity contribution in [2.24, 2.45) is 0 Å². The fourth-order valence-corrected chi connectivity index (χ4v) is 3.93. The van der Waals surface area contributed by atoms with E-state index in [1.165, 1.54) is 0 Å². The minimum Gasteiger partial charge on any atom is -0.312 e. The van der Waals surface area contributed by atoms with E-state index < -0.39 is 11.9 Å². The molecule has 1 saturated heterocycles. The summed E-state index contributed by atoms with van der Waals surface area (Å²) in [4.78, 5) is 8.32. The number of halogens is 3. The fourth-order valence-electron chi connectivity index (χ4n) is 2.69. The van der Waals surface area contributed by atoms with Crippen LogP contribution < -0.4 is 5.32 Å². The minimum atomic E-state index is -4.40. The lowest BCUT2D eigenvalue weighted by Gasteiger charge is -2.25. The molecule has 110 valence electrons. The minimum absolute atomic E-state index is 0.0186. The zero-order chi connectivity index (χ0) is 14.2. The summed E-state index contributed by atoms with van der Waals surface area (Å²) in [5, 5.41) is 2.99. The molecule has 1 atom stereocenters. The number of nitrogens with one attached hydrogen (secondary N) is 1. The third-order valence-electron chi connectivity index (χ3n) is 3.69. The molecule has 0 aromatic carbocycles. The molecule has 3 heterocycles. The van der Waals surface area contributed by atoms with Crippen molar-refractivity contribution in [1.29, 1.82) is 0 Å². The van der Waals surface area contributed by atoms with Gasteiger partial charge in [-0.05, 0) is 18.6 Å². The van der Waals surface area contributed by atoms with Gasteiger partial charge in [-0.25, -0.2) is 9.97 Å². The molecular formula is C13H16F3N3S. The second-order valence-electron chi connectivity index (χ2n) is 5.14. The van der Waals surface area contributed by atoms with Gasteiger partial charge in [-0.1, -0.05) is 6.42 Å². The Hall–Kier alpha value is -0.820. The molecule has 1 aromatic heterocycles. The predicted octanol–water partition coefficient (Wildman–Crippen LogP) is 3.10. The Bertz CT molecular complexity index is 498. The van der Waals surface area contributed by atoms with Crippen molar-refractivity contribution >= 4 is 11.8 Å². The van der Waals surface area contributed by atoms with E-state index in [4.69, 9.17) is 0 Å². The number of thioether (sulfide) groups is 1. The fraction of sp³-hybridized carbons (Fsp3) is 0.692. The molecule has 0 aliphatic carbocycles. The van der Waals surface area contributed by atoms with Gasteiger partial charge in [0.1, 0.15) is 5.82 Å². The third kappa shape index (κ3) is 2.79. The van der Waals surface area contributed by atoms with Gasteiger partial charge in [0.2, 0.25) is 0 Å². The van der Waals surface area contributed by atoms with Crippen molar-refractivity contribution in [3.05, 3.63) is 22.8 Å². The van der Waals surface area contributed by atoms with Crippen LogP contribution in [0, 0.1) is 0 Å². The van der Waals surface area contributed by atoms with Gasteiger partial charge in [-0.3, -0.25) is 0 Å². The van der Waals surface area contributed by atoms with Crippen molar-refractivity contribution in [2.75, 3.05) is 12.3 Å². The summed E-state index contributed by atoms with van der Waals surface area (Å²) in [6, 6.07) is 0. The highest BCUT2D eigenvalue weighted by molar-refractivity contribution is 7.99. The summed E-state index contributed by atoms with van der Waals surface area (Å²) in [6.45, 7) is 0.890. The van der Waals surface area contributed by atoms with Crippen LogP contribution in [0.1, 0.15) is 47.3 Å². The molecule has 3 rings (SSSR count). The van der Waals surface area contributed by atoms with E-state index in [-0.39, 0.29) is 17.4 Å². The first-order valence-corrected chi connectivity index (χ1v) is 7.90. The maximum atomic E-state index is 13.2. The topological polar surface area (TPSA) is 37.8 Å². The predicted molar refractivity (Wildman–Crippen MR) is 71.5 cm³/mol. The number of nitrogens with zero attached hydrogens (tertiary/aromatic N) is 2. The van der Waals surface area contributed by atoms with Crippen molar-refractivity contribution in [1.82, 2.24) is 15.3 Å². The van der Waals surface area contributed by atoms with Crippen LogP contribution in [0.15, 0.2) is 0 Å². The first-order valence-electron chi connectivity index (χ1n) is 6.85. The quantitative estimate of drug-likeness (QED) is 0.865. The number of fused-ring (bicyclic) bond motifs is 1. The molecule has 0 spiro atoms. The van der Waals surface area contributed by atoms with E-state index >= 15 is 0 Å². The molecular weight excluding hydrogens is 287 g/mol. The highest BCUT2D eigenvalue weighted by Crippen LogP contribution is 2.39. The number of hydrogen-bond acceptors (Lipinski definition) is 4. The van der Waals surface area contributed by atoms with Gasteiger partial charge in [0, 0.05) is 25.1 Å². The molecule has 0 amide bonds. The monoisotopic (exact) mass is 303 g/mol. The molecule has 1 unspecified atom stereocenters. The van der Waals surface area contributed by atoms with E-state index in [2.05, 4.69) is 15.3 Å². The molecule has 20 heavy (non-hydrogen) atoms. The Morgan fingerprint density at radius 3 is 2.75 bits per heavy atom. The molecule has 1 fully saturated rings. The van der Waals surface area contributed by atoms with E-state index in [1.807, 2.05) is 0 Å². The van der Waals surface area contributed by atoms with Gasteiger partial charge in [0.05, 0.1) is 10.9 Å². The van der Waals surface area contributed by atoms with Gasteiger partial charge < -0.3 is 5.32 Å². The molecule has 0 bridgehead atoms. The molecule has 1 N–H and O–H groups in total. The normalized spacial score (nSPS) is 23.4. The van der Waals surface area contributed by atoms with Gasteiger partial charge in [0.15, 0.2) is 5.69 Å². The first kappa shape index (κ1) is 14.1. The summed E-state index contributed by atoms with van der Waals surface area (Å²) < 4.78 is 39.6. The van der Waals surface area contributed by atoms with Crippen molar-refractivity contribution in [2.45, 2.75) is 43.7 Å². The maximum Gasteiger partial charge on any atom is 0.433 e. The molecule has 7 heteroatoms. The number of alkyl halides is 3. The number of hydrogen-bond donors (Lipinski definition) is 1. The zero-order valence-electron chi connectivity index (χ0n) is 11.0. The van der Waals surface area contributed by atoms with Gasteiger partial charge in [-0.15, -0.1) is 0 Å². The van der Waals surface area contributed by atoms with Crippen molar-refractivity contribution in [3.63, 3.8) is 0 Å². The molecule has 0 saturated carbocycles. The summed E-state index contributed by atoms with van der Waals surface area (Å²) >= 11 is 1.68. The summed E-state index contributed by atoms with van der Waals surface area (Å²) in [5.41, 5.74) is 0.0661. The standard InChI is InChI=1S/C13H16F3N3S/c14-13(15,16)11-8-7-17-5-4-9(8)18-12(19-11)10-3-1-2-6-20-10/h10,17H,1-7H2. The van der Waals surface area contributed by atoms with E-state index in [0.717, 1.165) is 25.0 Å². The molecule has 3 nitrogen and oxygen atoms in total. The summed E-state index contributed by atoms with van der Waals surface area (Å²) in [6.07, 6.45) is -0.812. The highest BCUT2D eigenvalue weighted by Gasteiger charge is 2.38. The van der Waals surface area contributed by atoms with Gasteiger partial charge in [0.25, 0.3) is 0 Å². The number of rotatable bonds is 1. The zero-order valence-corrected chi connectivity index (χ0v) is 11.8. The van der Waals surface area contributed by atoms with Crippen LogP contribution in [0.4, 0.5) is 13.2 Å². The SMILES string of the molecule is FC(F)(F)c1nc(C2CCCCS2)nc2c1CNCC2. The summed E-state index contributed by atoms with van der Waals surface area (Å²) in [7, 11) is 0. The Labute approximate surface area is 119 Å². The van der Waals surface area contributed by atoms with Gasteiger partial charge >= 0.3 is 6.18 Å². The molecule has 2 aliphatic rings. The Kier molecular flexibility index (Phi) is 3.90. The van der Waals surface area contributed by atoms with Crippen molar-refractivity contribution in [3.8, 4) is 0 Å². The largest absolute Gasteiger partial charge is 0.433 e. The first-order chi connectivity index (χ1) is 9.55. The lowest BCUT2D eigenvalue weighted by Crippen LogP contribution is -2.30. The van der Waals surface area contributed by atoms with E-state index in [9.17, 15) is 13.2 Å². The van der Waals surface area contributed by atoms with Gasteiger partial charge in [-0.2, -0.15) is 24.9 Å². The van der Waals surface area contributed by atoms with Crippen LogP contribution in [0.25, 0.3) is 0 Å². The molecule has 2 aliphatic heterocycles. The average molecular weight is 303 g/mol.